The molecule has 8 N–H and O–H groups in total. The van der Waals surface area contributed by atoms with Gasteiger partial charge < -0.3 is 67.9 Å². The van der Waals surface area contributed by atoms with Crippen molar-refractivity contribution >= 4 is 0 Å². The molecule has 16 nitrogen and oxygen atoms in total. The van der Waals surface area contributed by atoms with E-state index >= 15 is 0 Å². The van der Waals surface area contributed by atoms with Crippen molar-refractivity contribution in [3.05, 3.63) is 46.0 Å². The van der Waals surface area contributed by atoms with E-state index in [9.17, 15) is 0 Å². The van der Waals surface area contributed by atoms with Gasteiger partial charge in [-0.05, 0) is 0 Å². The monoisotopic (exact) mass is 410 g/mol. The van der Waals surface area contributed by atoms with Crippen LogP contribution < -0.4 is 0 Å². The van der Waals surface area contributed by atoms with Gasteiger partial charge in [0.2, 0.25) is 0 Å². The summed E-state index contributed by atoms with van der Waals surface area (Å²) >= 11 is 0. The first kappa shape index (κ1) is 57.0. The first-order valence-corrected chi connectivity index (χ1v) is 1.64. The average Bonchev–Trinajstić information content (AvgIpc) is 1.54. The van der Waals surface area contributed by atoms with Crippen LogP contribution in [0.4, 0.5) is 0 Å². The third kappa shape index (κ3) is 1610. The fourth-order valence-corrected chi connectivity index (χ4v) is 0. The van der Waals surface area contributed by atoms with Crippen LogP contribution in [0, 0.1) is 86.4 Å². The third-order valence-electron chi connectivity index (χ3n) is 0. The second kappa shape index (κ2) is 46.4. The molecule has 0 aromatic rings. The van der Waals surface area contributed by atoms with E-state index in [1.165, 1.54) is 0 Å². The Morgan fingerprint density at radius 2 is 0.471 bits per heavy atom. The van der Waals surface area contributed by atoms with E-state index < -0.39 is 15.3 Å². The zero-order chi connectivity index (χ0) is 10.7. The number of hydrogen-bond acceptors (Lipinski definition) is 9. The summed E-state index contributed by atoms with van der Waals surface area (Å²) in [5.41, 5.74) is 0. The minimum Gasteiger partial charge on any atom is -0.412 e. The van der Waals surface area contributed by atoms with Crippen molar-refractivity contribution in [2.75, 3.05) is 0 Å². The summed E-state index contributed by atoms with van der Waals surface area (Å²) in [6, 6.07) is 0. The normalized spacial score (nSPS) is 4.24. The molecule has 1 radical (unpaired) electrons. The van der Waals surface area contributed by atoms with E-state index in [4.69, 9.17) is 46.0 Å². The minimum atomic E-state index is -1.75. The quantitative estimate of drug-likeness (QED) is 0.277. The van der Waals surface area contributed by atoms with Crippen LogP contribution in [0.2, 0.25) is 0 Å². The van der Waals surface area contributed by atoms with Crippen molar-refractivity contribution in [1.82, 2.24) is 0 Å². The first-order valence-electron chi connectivity index (χ1n) is 1.64. The molecule has 0 saturated carbocycles. The van der Waals surface area contributed by atoms with Crippen LogP contribution in [-0.4, -0.2) is 37.2 Å². The fourth-order valence-electron chi connectivity index (χ4n) is 0. The summed E-state index contributed by atoms with van der Waals surface area (Å²) in [7, 11) is 0. The second-order valence-electron chi connectivity index (χ2n) is 0.671. The number of nitrogens with zero attached hydrogens (tertiary/aromatic N) is 3. The van der Waals surface area contributed by atoms with E-state index in [0.717, 1.165) is 0 Å². The van der Waals surface area contributed by atoms with Crippen LogP contribution in [0.5, 0.6) is 0 Å². The number of hydrogen-bond donors (Lipinski definition) is 0. The molecule has 0 amide bonds. The SMILES string of the molecule is O.O.O.O.O=[N+]([O-])[O-].O=[N+]([O-])[O-].O=[N+]([O-])[O-].[Sm+3]. The second-order valence-corrected chi connectivity index (χ2v) is 0.671. The van der Waals surface area contributed by atoms with Crippen molar-refractivity contribution in [2.45, 2.75) is 0 Å². The predicted molar refractivity (Wildman–Crippen MR) is 45.5 cm³/mol. The Morgan fingerprint density at radius 3 is 0.471 bits per heavy atom. The summed E-state index contributed by atoms with van der Waals surface area (Å²) in [5.74, 6) is 0. The summed E-state index contributed by atoms with van der Waals surface area (Å²) in [6.45, 7) is 0. The van der Waals surface area contributed by atoms with Gasteiger partial charge in [0, 0.05) is 0 Å². The fraction of sp³-hybridized carbons (Fsp3) is 0. The van der Waals surface area contributed by atoms with Crippen molar-refractivity contribution in [2.24, 2.45) is 0 Å². The molecule has 107 valence electrons. The van der Waals surface area contributed by atoms with E-state index in [1.807, 2.05) is 0 Å². The molecule has 0 spiro atoms. The molecule has 0 fully saturated rings. The van der Waals surface area contributed by atoms with Crippen LogP contribution in [0.1, 0.15) is 0 Å². The zero-order valence-corrected chi connectivity index (χ0v) is 10.0. The third-order valence-corrected chi connectivity index (χ3v) is 0. The Hall–Kier alpha value is -1.22. The van der Waals surface area contributed by atoms with Gasteiger partial charge >= 0.3 is 40.4 Å². The van der Waals surface area contributed by atoms with Gasteiger partial charge in [-0.15, -0.1) is 0 Å². The maximum Gasteiger partial charge on any atom is 3.00 e. The van der Waals surface area contributed by atoms with Gasteiger partial charge in [0.25, 0.3) is 0 Å². The molecular formula is H8N3O13Sm. The van der Waals surface area contributed by atoms with Gasteiger partial charge in [0.1, 0.15) is 0 Å². The Bertz CT molecular complexity index is 114. The van der Waals surface area contributed by atoms with Crippen molar-refractivity contribution in [3.63, 3.8) is 0 Å². The van der Waals surface area contributed by atoms with E-state index in [-0.39, 0.29) is 62.3 Å². The molecule has 0 aliphatic rings. The molecule has 17 heteroatoms. The van der Waals surface area contributed by atoms with Gasteiger partial charge in [-0.2, -0.15) is 0 Å². The summed E-state index contributed by atoms with van der Waals surface area (Å²) in [5, 5.41) is 44.2. The Kier molecular flexibility index (Phi) is 155. The van der Waals surface area contributed by atoms with Gasteiger partial charge in [0.05, 0.1) is 15.3 Å². The van der Waals surface area contributed by atoms with Crippen LogP contribution in [0.3, 0.4) is 0 Å². The van der Waals surface area contributed by atoms with Crippen LogP contribution in [-0.2, 0) is 0 Å². The van der Waals surface area contributed by atoms with Gasteiger partial charge in [-0.25, -0.2) is 0 Å². The average molecular weight is 408 g/mol. The van der Waals surface area contributed by atoms with E-state index in [0.29, 0.717) is 0 Å². The molecule has 0 heterocycles. The van der Waals surface area contributed by atoms with Crippen LogP contribution >= 0.6 is 0 Å². The maximum atomic E-state index is 8.25. The number of rotatable bonds is 0. The summed E-state index contributed by atoms with van der Waals surface area (Å²) < 4.78 is 0. The molecule has 0 aromatic heterocycles. The Balaban J connectivity index is -0.0000000104. The molecule has 0 aromatic carbocycles. The molecule has 17 heavy (non-hydrogen) atoms. The smallest absolute Gasteiger partial charge is 0.412 e. The molecule has 0 rings (SSSR count). The standard InChI is InChI=1S/3NO3.4H2O.Sm/c3*2-1(3)4;;;;;/h;;;4*1H2;/q3*-1;;;;;+3. The molecule has 0 unspecified atom stereocenters. The molecular weight excluding hydrogens is 400 g/mol. The van der Waals surface area contributed by atoms with Crippen LogP contribution in [0.25, 0.3) is 0 Å². The van der Waals surface area contributed by atoms with Gasteiger partial charge in [-0.3, -0.25) is 0 Å². The van der Waals surface area contributed by atoms with Crippen molar-refractivity contribution in [1.29, 1.82) is 0 Å². The van der Waals surface area contributed by atoms with Crippen molar-refractivity contribution < 1.29 is 77.6 Å². The topological polar surface area (TPSA) is 325 Å². The summed E-state index contributed by atoms with van der Waals surface area (Å²) in [4.78, 5) is 24.8. The molecule has 0 saturated heterocycles. The predicted octanol–water partition coefficient (Wildman–Crippen LogP) is -4.02. The molecule has 0 aliphatic heterocycles. The summed E-state index contributed by atoms with van der Waals surface area (Å²) in [6.07, 6.45) is 0. The maximum absolute atomic E-state index is 8.25. The van der Waals surface area contributed by atoms with Crippen molar-refractivity contribution in [3.8, 4) is 0 Å². The molecule has 0 aliphatic carbocycles. The largest absolute Gasteiger partial charge is 3.00 e. The van der Waals surface area contributed by atoms with E-state index in [2.05, 4.69) is 0 Å². The van der Waals surface area contributed by atoms with Crippen LogP contribution in [0.15, 0.2) is 0 Å². The zero-order valence-electron chi connectivity index (χ0n) is 7.42. The molecule has 0 atom stereocenters. The van der Waals surface area contributed by atoms with Gasteiger partial charge in [-0.1, -0.05) is 0 Å². The van der Waals surface area contributed by atoms with E-state index in [1.54, 1.807) is 0 Å². The van der Waals surface area contributed by atoms with Gasteiger partial charge in [0.15, 0.2) is 0 Å². The minimum absolute atomic E-state index is 0. The molecule has 0 bridgehead atoms. The Morgan fingerprint density at radius 1 is 0.471 bits per heavy atom. The Labute approximate surface area is 123 Å². The first-order chi connectivity index (χ1) is 5.20.